The van der Waals surface area contributed by atoms with Gasteiger partial charge < -0.3 is 10.6 Å². The summed E-state index contributed by atoms with van der Waals surface area (Å²) in [6.45, 7) is 2.05. The van der Waals surface area contributed by atoms with Gasteiger partial charge >= 0.3 is 0 Å². The molecule has 0 aromatic heterocycles. The van der Waals surface area contributed by atoms with Crippen LogP contribution in [0.3, 0.4) is 0 Å². The lowest BCUT2D eigenvalue weighted by Crippen LogP contribution is -2.36. The number of hydrogen-bond acceptors (Lipinski definition) is 2. The lowest BCUT2D eigenvalue weighted by Gasteiger charge is -2.43. The smallest absolute Gasteiger partial charge is 0.251 e. The topological polar surface area (TPSA) is 41.1 Å². The number of anilines is 1. The number of carbonyl (C=O) groups excluding carboxylic acids is 1. The number of amides is 1. The van der Waals surface area contributed by atoms with Gasteiger partial charge in [0, 0.05) is 11.3 Å². The average Bonchev–Trinajstić information content (AvgIpc) is 3.47. The van der Waals surface area contributed by atoms with E-state index in [-0.39, 0.29) is 11.9 Å². The van der Waals surface area contributed by atoms with E-state index in [1.807, 2.05) is 31.2 Å². The lowest BCUT2D eigenvalue weighted by molar-refractivity contribution is 0.0939. The molecular weight excluding hydrogens is 392 g/mol. The number of hydrogen-bond donors (Lipinski definition) is 2. The highest BCUT2D eigenvalue weighted by atomic mass is 16.1. The predicted molar refractivity (Wildman–Crippen MR) is 129 cm³/mol. The summed E-state index contributed by atoms with van der Waals surface area (Å²) in [6, 6.07) is 27.7. The third-order valence-electron chi connectivity index (χ3n) is 8.16. The number of carbonyl (C=O) groups is 1. The second-order valence-corrected chi connectivity index (χ2v) is 9.88. The molecule has 3 heteroatoms. The van der Waals surface area contributed by atoms with Gasteiger partial charge in [0.2, 0.25) is 0 Å². The van der Waals surface area contributed by atoms with Crippen LogP contribution >= 0.6 is 0 Å². The Morgan fingerprint density at radius 2 is 1.66 bits per heavy atom. The van der Waals surface area contributed by atoms with Crippen molar-refractivity contribution in [2.75, 3.05) is 5.32 Å². The van der Waals surface area contributed by atoms with Gasteiger partial charge in [0.1, 0.15) is 0 Å². The molecule has 32 heavy (non-hydrogen) atoms. The molecule has 6 rings (SSSR count). The van der Waals surface area contributed by atoms with E-state index in [1.165, 1.54) is 36.1 Å². The van der Waals surface area contributed by atoms with E-state index in [9.17, 15) is 4.79 Å². The zero-order chi connectivity index (χ0) is 21.7. The molecule has 2 saturated carbocycles. The number of nitrogens with one attached hydrogen (secondary N) is 2. The molecule has 0 radical (unpaired) electrons. The maximum Gasteiger partial charge on any atom is 0.251 e. The summed E-state index contributed by atoms with van der Waals surface area (Å²) in [5.41, 5.74) is 5.85. The standard InChI is InChI=1S/C29H30N2O/c1-18(19-8-4-2-5-9-19)30-29(32)23-14-15-25-24(17-23)26-21-12-13-22(16-21)27(26)28(31-25)20-10-6-3-7-11-20/h2-11,14-15,17-18,21-22,26-28,31H,12-13,16H2,1H3,(H,30,32)/t18-,21-,22-,26-,27+,28+/m0/s1. The van der Waals surface area contributed by atoms with Gasteiger partial charge in [-0.2, -0.15) is 0 Å². The molecule has 6 atom stereocenters. The van der Waals surface area contributed by atoms with Crippen LogP contribution in [-0.2, 0) is 0 Å². The second kappa shape index (κ2) is 7.81. The third-order valence-corrected chi connectivity index (χ3v) is 8.16. The van der Waals surface area contributed by atoms with Crippen molar-refractivity contribution < 1.29 is 4.79 Å². The van der Waals surface area contributed by atoms with Crippen molar-refractivity contribution >= 4 is 11.6 Å². The first-order valence-electron chi connectivity index (χ1n) is 12.0. The van der Waals surface area contributed by atoms with Gasteiger partial charge in [-0.1, -0.05) is 60.7 Å². The molecule has 0 unspecified atom stereocenters. The molecule has 0 spiro atoms. The molecule has 2 N–H and O–H groups in total. The van der Waals surface area contributed by atoms with Gasteiger partial charge in [0.15, 0.2) is 0 Å². The quantitative estimate of drug-likeness (QED) is 0.506. The summed E-state index contributed by atoms with van der Waals surface area (Å²) in [6.07, 6.45) is 4.01. The molecule has 162 valence electrons. The summed E-state index contributed by atoms with van der Waals surface area (Å²) in [5, 5.41) is 7.06. The molecule has 2 fully saturated rings. The van der Waals surface area contributed by atoms with E-state index in [2.05, 4.69) is 65.2 Å². The van der Waals surface area contributed by atoms with E-state index < -0.39 is 0 Å². The number of fused-ring (bicyclic) bond motifs is 7. The van der Waals surface area contributed by atoms with Crippen molar-refractivity contribution in [1.82, 2.24) is 5.32 Å². The van der Waals surface area contributed by atoms with E-state index in [4.69, 9.17) is 0 Å². The molecule has 3 aromatic rings. The largest absolute Gasteiger partial charge is 0.378 e. The lowest BCUT2D eigenvalue weighted by atomic mass is 9.68. The van der Waals surface area contributed by atoms with Crippen LogP contribution < -0.4 is 10.6 Å². The predicted octanol–water partition coefficient (Wildman–Crippen LogP) is 6.47. The van der Waals surface area contributed by atoms with Crippen LogP contribution in [0, 0.1) is 17.8 Å². The Labute approximate surface area is 190 Å². The first-order chi connectivity index (χ1) is 15.7. The maximum atomic E-state index is 13.1. The molecule has 1 aliphatic heterocycles. The molecule has 0 saturated heterocycles. The minimum absolute atomic E-state index is 0.00837. The van der Waals surface area contributed by atoms with Crippen molar-refractivity contribution in [2.24, 2.45) is 17.8 Å². The van der Waals surface area contributed by atoms with Crippen LogP contribution in [0.15, 0.2) is 78.9 Å². The SMILES string of the molecule is C[C@H](NC(=O)c1ccc2c(c1)[C@@H]1[C@H]3CC[C@@H](C3)[C@H]1[C@@H](c1ccccc1)N2)c1ccccc1. The van der Waals surface area contributed by atoms with Gasteiger partial charge in [0.05, 0.1) is 12.1 Å². The van der Waals surface area contributed by atoms with Crippen molar-refractivity contribution in [2.45, 2.75) is 44.2 Å². The zero-order valence-corrected chi connectivity index (χ0v) is 18.5. The molecule has 2 bridgehead atoms. The number of benzene rings is 3. The molecule has 2 aliphatic carbocycles. The fourth-order valence-corrected chi connectivity index (χ4v) is 6.72. The third kappa shape index (κ3) is 3.23. The molecular formula is C29H30N2O. The van der Waals surface area contributed by atoms with Crippen LogP contribution in [-0.4, -0.2) is 5.91 Å². The van der Waals surface area contributed by atoms with Crippen LogP contribution in [0.4, 0.5) is 5.69 Å². The van der Waals surface area contributed by atoms with Crippen LogP contribution in [0.25, 0.3) is 0 Å². The van der Waals surface area contributed by atoms with Crippen molar-refractivity contribution in [3.05, 3.63) is 101 Å². The van der Waals surface area contributed by atoms with Crippen LogP contribution in [0.2, 0.25) is 0 Å². The monoisotopic (exact) mass is 422 g/mol. The van der Waals surface area contributed by atoms with Gasteiger partial charge in [-0.3, -0.25) is 4.79 Å². The fourth-order valence-electron chi connectivity index (χ4n) is 6.72. The summed E-state index contributed by atoms with van der Waals surface area (Å²) >= 11 is 0. The fraction of sp³-hybridized carbons (Fsp3) is 0.345. The molecule has 1 amide bonds. The van der Waals surface area contributed by atoms with E-state index in [0.29, 0.717) is 17.9 Å². The molecule has 3 aliphatic rings. The van der Waals surface area contributed by atoms with Gasteiger partial charge in [0.25, 0.3) is 5.91 Å². The van der Waals surface area contributed by atoms with Gasteiger partial charge in [-0.25, -0.2) is 0 Å². The molecule has 3 aromatic carbocycles. The van der Waals surface area contributed by atoms with Crippen molar-refractivity contribution in [1.29, 1.82) is 0 Å². The van der Waals surface area contributed by atoms with E-state index in [1.54, 1.807) is 0 Å². The second-order valence-electron chi connectivity index (χ2n) is 9.88. The highest BCUT2D eigenvalue weighted by molar-refractivity contribution is 5.95. The normalized spacial score (nSPS) is 28.3. The Morgan fingerprint density at radius 3 is 2.44 bits per heavy atom. The first kappa shape index (κ1) is 19.6. The Balaban J connectivity index is 1.31. The van der Waals surface area contributed by atoms with Crippen LogP contribution in [0.1, 0.15) is 71.2 Å². The minimum Gasteiger partial charge on any atom is -0.378 e. The molecule has 1 heterocycles. The van der Waals surface area contributed by atoms with Crippen molar-refractivity contribution in [3.63, 3.8) is 0 Å². The van der Waals surface area contributed by atoms with E-state index >= 15 is 0 Å². The van der Waals surface area contributed by atoms with Crippen molar-refractivity contribution in [3.8, 4) is 0 Å². The summed E-state index contributed by atoms with van der Waals surface area (Å²) in [5.74, 6) is 2.71. The summed E-state index contributed by atoms with van der Waals surface area (Å²) < 4.78 is 0. The van der Waals surface area contributed by atoms with Crippen LogP contribution in [0.5, 0.6) is 0 Å². The summed E-state index contributed by atoms with van der Waals surface area (Å²) in [4.78, 5) is 13.1. The maximum absolute atomic E-state index is 13.1. The Hall–Kier alpha value is -3.07. The Morgan fingerprint density at radius 1 is 0.938 bits per heavy atom. The van der Waals surface area contributed by atoms with Gasteiger partial charge in [-0.05, 0) is 84.7 Å². The average molecular weight is 423 g/mol. The summed E-state index contributed by atoms with van der Waals surface area (Å²) in [7, 11) is 0. The highest BCUT2D eigenvalue weighted by Crippen LogP contribution is 2.63. The minimum atomic E-state index is -0.0180. The number of rotatable bonds is 4. The Bertz CT molecular complexity index is 1130. The van der Waals surface area contributed by atoms with Gasteiger partial charge in [-0.15, -0.1) is 0 Å². The Kier molecular flexibility index (Phi) is 4.78. The van der Waals surface area contributed by atoms with E-state index in [0.717, 1.165) is 23.0 Å². The molecule has 3 nitrogen and oxygen atoms in total. The highest BCUT2D eigenvalue weighted by Gasteiger charge is 2.53. The first-order valence-corrected chi connectivity index (χ1v) is 12.0. The zero-order valence-electron chi connectivity index (χ0n) is 18.5.